The maximum atomic E-state index is 13.5. The highest BCUT2D eigenvalue weighted by Crippen LogP contribution is 2.23. The van der Waals surface area contributed by atoms with Gasteiger partial charge in [-0.25, -0.2) is 14.9 Å². The fourth-order valence-corrected chi connectivity index (χ4v) is 3.11. The molecular weight excluding hydrogens is 436 g/mol. The number of benzene rings is 1. The lowest BCUT2D eigenvalue weighted by atomic mass is 10.2. The monoisotopic (exact) mass is 459 g/mol. The van der Waals surface area contributed by atoms with Crippen molar-refractivity contribution in [2.24, 2.45) is 0 Å². The molecule has 2 aromatic rings. The molecule has 11 heteroatoms. The summed E-state index contributed by atoms with van der Waals surface area (Å²) in [6, 6.07) is 4.75. The van der Waals surface area contributed by atoms with Crippen molar-refractivity contribution in [3.05, 3.63) is 53.7 Å². The number of halogens is 3. The van der Waals surface area contributed by atoms with Gasteiger partial charge in [0.1, 0.15) is 17.4 Å². The molecule has 0 aliphatic carbocycles. The summed E-state index contributed by atoms with van der Waals surface area (Å²) in [6.07, 6.45) is 6.67. The number of methoxy groups -OCH3 is 1. The smallest absolute Gasteiger partial charge is 0.267 e. The summed E-state index contributed by atoms with van der Waals surface area (Å²) in [5.41, 5.74) is 2.83. The molecule has 0 saturated carbocycles. The second-order valence-corrected chi connectivity index (χ2v) is 6.46. The van der Waals surface area contributed by atoms with Gasteiger partial charge in [-0.2, -0.15) is 0 Å². The molecule has 3 N–H and O–H groups in total. The Hall–Kier alpha value is -2.46. The van der Waals surface area contributed by atoms with Gasteiger partial charge >= 0.3 is 0 Å². The van der Waals surface area contributed by atoms with Crippen LogP contribution in [0.4, 0.5) is 10.2 Å². The summed E-state index contributed by atoms with van der Waals surface area (Å²) >= 11 is 0. The van der Waals surface area contributed by atoms with E-state index >= 15 is 0 Å². The normalized spacial score (nSPS) is 15.9. The minimum atomic E-state index is -0.634. The van der Waals surface area contributed by atoms with Crippen LogP contribution < -0.4 is 15.5 Å². The van der Waals surface area contributed by atoms with Crippen LogP contribution in [0, 0.1) is 5.82 Å². The van der Waals surface area contributed by atoms with Crippen molar-refractivity contribution >= 4 is 42.6 Å². The lowest BCUT2D eigenvalue weighted by molar-refractivity contribution is -0.124. The fourth-order valence-electron chi connectivity index (χ4n) is 3.11. The molecule has 1 fully saturated rings. The fraction of sp³-hybridized carbons (Fsp3) is 0.316. The van der Waals surface area contributed by atoms with Crippen molar-refractivity contribution in [1.82, 2.24) is 20.3 Å². The number of ether oxygens (including phenoxy) is 1. The van der Waals surface area contributed by atoms with Crippen molar-refractivity contribution in [3.63, 3.8) is 0 Å². The number of hydrogen-bond donors (Lipinski definition) is 3. The highest BCUT2D eigenvalue weighted by atomic mass is 35.5. The molecule has 1 aliphatic rings. The third kappa shape index (κ3) is 7.10. The van der Waals surface area contributed by atoms with E-state index < -0.39 is 5.91 Å². The van der Waals surface area contributed by atoms with E-state index in [1.54, 1.807) is 19.4 Å². The average molecular weight is 460 g/mol. The van der Waals surface area contributed by atoms with E-state index in [-0.39, 0.29) is 36.7 Å². The van der Waals surface area contributed by atoms with Gasteiger partial charge < -0.3 is 10.1 Å². The van der Waals surface area contributed by atoms with E-state index in [0.717, 1.165) is 31.1 Å². The molecular formula is C19H24Cl2FN5O3. The number of hydrogen-bond acceptors (Lipinski definition) is 7. The predicted molar refractivity (Wildman–Crippen MR) is 116 cm³/mol. The molecule has 8 nitrogen and oxygen atoms in total. The Morgan fingerprint density at radius 3 is 2.83 bits per heavy atom. The summed E-state index contributed by atoms with van der Waals surface area (Å²) in [6.45, 7) is 2.28. The Kier molecular flexibility index (Phi) is 10.5. The summed E-state index contributed by atoms with van der Waals surface area (Å²) in [5, 5.41) is 11.8. The second kappa shape index (κ2) is 12.3. The molecule has 1 aliphatic heterocycles. The van der Waals surface area contributed by atoms with Gasteiger partial charge in [-0.1, -0.05) is 0 Å². The van der Waals surface area contributed by atoms with E-state index in [1.165, 1.54) is 29.9 Å². The standard InChI is InChI=1S/C19H22FN5O3.2ClH/c1-28-17-4-2-14(20)8-13(17)11-25-7-6-16(12-25)23-18-10-21-15(9-22-18)3-5-19(26)24-27;;/h2-5,8-10,16,27H,6-7,11-12H2,1H3,(H,22,23)(H,24,26);2*1H/t16-;;/m1../s1. The van der Waals surface area contributed by atoms with E-state index in [2.05, 4.69) is 20.2 Å². The van der Waals surface area contributed by atoms with Crippen LogP contribution in [0.2, 0.25) is 0 Å². The van der Waals surface area contributed by atoms with Crippen LogP contribution in [-0.4, -0.2) is 52.2 Å². The number of hydroxylamine groups is 1. The minimum Gasteiger partial charge on any atom is -0.496 e. The maximum Gasteiger partial charge on any atom is 0.267 e. The van der Waals surface area contributed by atoms with Crippen LogP contribution in [-0.2, 0) is 11.3 Å². The van der Waals surface area contributed by atoms with Crippen LogP contribution in [0.3, 0.4) is 0 Å². The van der Waals surface area contributed by atoms with E-state index in [4.69, 9.17) is 9.94 Å². The molecule has 1 aromatic carbocycles. The lowest BCUT2D eigenvalue weighted by Crippen LogP contribution is -2.26. The largest absolute Gasteiger partial charge is 0.496 e. The molecule has 0 spiro atoms. The second-order valence-electron chi connectivity index (χ2n) is 6.46. The Balaban J connectivity index is 0.00000225. The summed E-state index contributed by atoms with van der Waals surface area (Å²) in [5.74, 6) is 0.414. The van der Waals surface area contributed by atoms with E-state index in [0.29, 0.717) is 23.8 Å². The van der Waals surface area contributed by atoms with Crippen LogP contribution in [0.1, 0.15) is 17.7 Å². The quantitative estimate of drug-likeness (QED) is 0.332. The SMILES string of the molecule is COc1ccc(F)cc1CN1CC[C@@H](Nc2cnc(C=CC(=O)NO)cn2)C1.Cl.Cl. The number of amides is 1. The zero-order valence-corrected chi connectivity index (χ0v) is 17.9. The molecule has 3 rings (SSSR count). The number of rotatable bonds is 7. The molecule has 164 valence electrons. The van der Waals surface area contributed by atoms with Crippen molar-refractivity contribution in [2.45, 2.75) is 19.0 Å². The highest BCUT2D eigenvalue weighted by Gasteiger charge is 2.23. The number of carbonyl (C=O) groups excluding carboxylic acids is 1. The Morgan fingerprint density at radius 1 is 1.37 bits per heavy atom. The summed E-state index contributed by atoms with van der Waals surface area (Å²) < 4.78 is 18.8. The number of anilines is 1. The molecule has 0 bridgehead atoms. The predicted octanol–water partition coefficient (Wildman–Crippen LogP) is 2.67. The van der Waals surface area contributed by atoms with Crippen molar-refractivity contribution in [2.75, 3.05) is 25.5 Å². The minimum absolute atomic E-state index is 0. The molecule has 1 atom stereocenters. The lowest BCUT2D eigenvalue weighted by Gasteiger charge is -2.18. The van der Waals surface area contributed by atoms with Crippen LogP contribution >= 0.6 is 24.8 Å². The van der Waals surface area contributed by atoms with Crippen molar-refractivity contribution in [3.8, 4) is 5.75 Å². The van der Waals surface area contributed by atoms with Gasteiger partial charge in [-0.3, -0.25) is 19.9 Å². The third-order valence-electron chi connectivity index (χ3n) is 4.45. The summed E-state index contributed by atoms with van der Waals surface area (Å²) in [7, 11) is 1.58. The molecule has 0 radical (unpaired) electrons. The molecule has 0 unspecified atom stereocenters. The number of carbonyl (C=O) groups is 1. The van der Waals surface area contributed by atoms with Gasteiger partial charge in [0.25, 0.3) is 5.91 Å². The van der Waals surface area contributed by atoms with Gasteiger partial charge in [0, 0.05) is 37.3 Å². The first-order valence-electron chi connectivity index (χ1n) is 8.83. The third-order valence-corrected chi connectivity index (χ3v) is 4.45. The first kappa shape index (κ1) is 25.6. The zero-order valence-electron chi connectivity index (χ0n) is 16.2. The summed E-state index contributed by atoms with van der Waals surface area (Å²) in [4.78, 5) is 21.7. The maximum absolute atomic E-state index is 13.5. The first-order valence-corrected chi connectivity index (χ1v) is 8.83. The van der Waals surface area contributed by atoms with Crippen LogP contribution in [0.15, 0.2) is 36.7 Å². The number of nitrogens with zero attached hydrogens (tertiary/aromatic N) is 3. The van der Waals surface area contributed by atoms with Gasteiger partial charge in [-0.15, -0.1) is 24.8 Å². The van der Waals surface area contributed by atoms with Gasteiger partial charge in [0.05, 0.1) is 25.2 Å². The van der Waals surface area contributed by atoms with E-state index in [9.17, 15) is 9.18 Å². The van der Waals surface area contributed by atoms with Crippen molar-refractivity contribution < 1.29 is 19.1 Å². The van der Waals surface area contributed by atoms with Gasteiger partial charge in [0.2, 0.25) is 0 Å². The van der Waals surface area contributed by atoms with E-state index in [1.807, 2.05) is 0 Å². The number of nitrogens with one attached hydrogen (secondary N) is 2. The first-order chi connectivity index (χ1) is 13.6. The Labute approximate surface area is 186 Å². The van der Waals surface area contributed by atoms with Crippen LogP contribution in [0.25, 0.3) is 6.08 Å². The Bertz CT molecular complexity index is 855. The topological polar surface area (TPSA) is 99.6 Å². The molecule has 2 heterocycles. The van der Waals surface area contributed by atoms with Gasteiger partial charge in [0.15, 0.2) is 0 Å². The van der Waals surface area contributed by atoms with Crippen LogP contribution in [0.5, 0.6) is 5.75 Å². The molecule has 1 saturated heterocycles. The Morgan fingerprint density at radius 2 is 2.17 bits per heavy atom. The average Bonchev–Trinajstić information content (AvgIpc) is 3.14. The van der Waals surface area contributed by atoms with Crippen molar-refractivity contribution in [1.29, 1.82) is 0 Å². The molecule has 1 aromatic heterocycles. The number of aromatic nitrogens is 2. The van der Waals surface area contributed by atoms with Gasteiger partial charge in [-0.05, 0) is 30.7 Å². The zero-order chi connectivity index (χ0) is 19.9. The highest BCUT2D eigenvalue weighted by molar-refractivity contribution is 5.90. The number of likely N-dealkylation sites (tertiary alicyclic amines) is 1. The molecule has 1 amide bonds. The molecule has 30 heavy (non-hydrogen) atoms.